The molecule has 3 saturated heterocycles. The van der Waals surface area contributed by atoms with Crippen molar-refractivity contribution in [3.05, 3.63) is 34.9 Å². The topological polar surface area (TPSA) is 111 Å². The maximum atomic E-state index is 13.0. The van der Waals surface area contributed by atoms with Crippen molar-refractivity contribution in [3.8, 4) is 0 Å². The predicted molar refractivity (Wildman–Crippen MR) is 106 cm³/mol. The van der Waals surface area contributed by atoms with Gasteiger partial charge in [-0.1, -0.05) is 12.1 Å². The molecule has 30 heavy (non-hydrogen) atoms. The highest BCUT2D eigenvalue weighted by Gasteiger charge is 2.41. The first kappa shape index (κ1) is 19.2. The van der Waals surface area contributed by atoms with Crippen LogP contribution in [0.3, 0.4) is 0 Å². The van der Waals surface area contributed by atoms with Crippen LogP contribution >= 0.6 is 0 Å². The Morgan fingerprint density at radius 2 is 1.90 bits per heavy atom. The first-order valence-corrected chi connectivity index (χ1v) is 10.5. The van der Waals surface area contributed by atoms with Crippen LogP contribution in [0.15, 0.2) is 18.2 Å². The van der Waals surface area contributed by atoms with Gasteiger partial charge in [0.05, 0.1) is 6.04 Å². The molecule has 4 heterocycles. The highest BCUT2D eigenvalue weighted by molar-refractivity contribution is 6.05. The van der Waals surface area contributed by atoms with Crippen LogP contribution < -0.4 is 16.0 Å². The molecule has 3 N–H and O–H groups in total. The Morgan fingerprint density at radius 3 is 2.63 bits per heavy atom. The highest BCUT2D eigenvalue weighted by atomic mass is 16.2. The molecule has 0 saturated carbocycles. The van der Waals surface area contributed by atoms with E-state index < -0.39 is 11.9 Å². The summed E-state index contributed by atoms with van der Waals surface area (Å²) in [4.78, 5) is 52.8. The fourth-order valence-electron chi connectivity index (χ4n) is 4.89. The number of amides is 4. The van der Waals surface area contributed by atoms with Gasteiger partial charge in [-0.05, 0) is 23.6 Å². The number of hydrogen-bond acceptors (Lipinski definition) is 6. The van der Waals surface area contributed by atoms with Crippen molar-refractivity contribution in [3.63, 3.8) is 0 Å². The molecule has 1 aromatic carbocycles. The van der Waals surface area contributed by atoms with Gasteiger partial charge >= 0.3 is 0 Å². The van der Waals surface area contributed by atoms with E-state index in [4.69, 9.17) is 0 Å². The van der Waals surface area contributed by atoms with Crippen molar-refractivity contribution in [2.75, 3.05) is 26.2 Å². The van der Waals surface area contributed by atoms with Crippen LogP contribution in [0.2, 0.25) is 0 Å². The molecule has 4 amide bonds. The van der Waals surface area contributed by atoms with Gasteiger partial charge in [0.15, 0.2) is 0 Å². The largest absolute Gasteiger partial charge is 0.353 e. The number of piperidine rings is 1. The predicted octanol–water partition coefficient (Wildman–Crippen LogP) is -1.03. The number of hydrogen-bond donors (Lipinski definition) is 3. The summed E-state index contributed by atoms with van der Waals surface area (Å²) < 4.78 is 0. The second kappa shape index (κ2) is 7.48. The number of carbonyl (C=O) groups is 4. The van der Waals surface area contributed by atoms with Gasteiger partial charge in [-0.2, -0.15) is 0 Å². The molecule has 4 aliphatic heterocycles. The van der Waals surface area contributed by atoms with E-state index >= 15 is 0 Å². The lowest BCUT2D eigenvalue weighted by Gasteiger charge is -2.43. The SMILES string of the molecule is O=C1CCC(N2Cc3ccc(CN4CCNC(=O)C4C4CNC4)cc3C2=O)C(=O)N1. The molecule has 158 valence electrons. The Labute approximate surface area is 174 Å². The van der Waals surface area contributed by atoms with Crippen molar-refractivity contribution >= 4 is 23.6 Å². The fourth-order valence-corrected chi connectivity index (χ4v) is 4.89. The molecule has 3 fully saturated rings. The zero-order valence-corrected chi connectivity index (χ0v) is 16.6. The smallest absolute Gasteiger partial charge is 0.255 e. The number of piperazine rings is 1. The summed E-state index contributed by atoms with van der Waals surface area (Å²) in [6.07, 6.45) is 0.605. The van der Waals surface area contributed by atoms with Crippen molar-refractivity contribution in [2.45, 2.75) is 38.0 Å². The van der Waals surface area contributed by atoms with Crippen LogP contribution in [0.4, 0.5) is 0 Å². The first-order valence-electron chi connectivity index (χ1n) is 10.5. The summed E-state index contributed by atoms with van der Waals surface area (Å²) >= 11 is 0. The van der Waals surface area contributed by atoms with Crippen molar-refractivity contribution in [1.82, 2.24) is 25.8 Å². The second-order valence-corrected chi connectivity index (χ2v) is 8.52. The number of nitrogens with zero attached hydrogens (tertiary/aromatic N) is 2. The lowest BCUT2D eigenvalue weighted by Crippen LogP contribution is -2.64. The molecule has 2 atom stereocenters. The van der Waals surface area contributed by atoms with E-state index in [0.29, 0.717) is 37.5 Å². The molecule has 9 heteroatoms. The monoisotopic (exact) mass is 411 g/mol. The molecular weight excluding hydrogens is 386 g/mol. The summed E-state index contributed by atoms with van der Waals surface area (Å²) in [5.74, 6) is -0.468. The van der Waals surface area contributed by atoms with Crippen LogP contribution in [0, 0.1) is 5.92 Å². The summed E-state index contributed by atoms with van der Waals surface area (Å²) in [6.45, 7) is 4.08. The highest BCUT2D eigenvalue weighted by Crippen LogP contribution is 2.29. The molecule has 9 nitrogen and oxygen atoms in total. The summed E-state index contributed by atoms with van der Waals surface area (Å²) in [7, 11) is 0. The number of nitrogens with one attached hydrogen (secondary N) is 3. The third-order valence-electron chi connectivity index (χ3n) is 6.60. The van der Waals surface area contributed by atoms with Gasteiger partial charge in [-0.15, -0.1) is 0 Å². The standard InChI is InChI=1S/C21H25N5O4/c27-17-4-3-16(19(28)24-17)26-11-13-2-1-12(7-15(13)21(26)30)10-25-6-5-23-20(29)18(25)14-8-22-9-14/h1-2,7,14,16,18,22H,3-6,8-11H2,(H,23,29)(H,24,27,28). The lowest BCUT2D eigenvalue weighted by molar-refractivity contribution is -0.137. The van der Waals surface area contributed by atoms with Gasteiger partial charge in [-0.25, -0.2) is 0 Å². The molecule has 0 spiro atoms. The molecule has 0 radical (unpaired) electrons. The van der Waals surface area contributed by atoms with Gasteiger partial charge in [-0.3, -0.25) is 29.4 Å². The van der Waals surface area contributed by atoms with E-state index in [2.05, 4.69) is 20.9 Å². The zero-order valence-electron chi connectivity index (χ0n) is 16.6. The molecule has 0 bridgehead atoms. The Morgan fingerprint density at radius 1 is 1.07 bits per heavy atom. The van der Waals surface area contributed by atoms with E-state index in [1.807, 2.05) is 18.2 Å². The van der Waals surface area contributed by atoms with Crippen molar-refractivity contribution in [1.29, 1.82) is 0 Å². The third-order valence-corrected chi connectivity index (χ3v) is 6.60. The van der Waals surface area contributed by atoms with Gasteiger partial charge in [0.1, 0.15) is 6.04 Å². The molecule has 0 aliphatic carbocycles. The van der Waals surface area contributed by atoms with Gasteiger partial charge in [0.2, 0.25) is 17.7 Å². The Hall–Kier alpha value is -2.78. The van der Waals surface area contributed by atoms with Gasteiger partial charge in [0.25, 0.3) is 5.91 Å². The molecule has 0 aromatic heterocycles. The lowest BCUT2D eigenvalue weighted by atomic mass is 9.90. The van der Waals surface area contributed by atoms with Crippen molar-refractivity contribution < 1.29 is 19.2 Å². The quantitative estimate of drug-likeness (QED) is 0.547. The number of carbonyl (C=O) groups excluding carboxylic acids is 4. The summed E-state index contributed by atoms with van der Waals surface area (Å²) in [6, 6.07) is 5.09. The van der Waals surface area contributed by atoms with Crippen LogP contribution in [-0.2, 0) is 27.5 Å². The van der Waals surface area contributed by atoms with Crippen molar-refractivity contribution in [2.24, 2.45) is 5.92 Å². The van der Waals surface area contributed by atoms with Crippen LogP contribution in [0.5, 0.6) is 0 Å². The minimum atomic E-state index is -0.604. The maximum Gasteiger partial charge on any atom is 0.255 e. The first-order chi connectivity index (χ1) is 14.5. The fraction of sp³-hybridized carbons (Fsp3) is 0.524. The third kappa shape index (κ3) is 3.27. The van der Waals surface area contributed by atoms with Crippen LogP contribution in [-0.4, -0.2) is 71.7 Å². The number of rotatable bonds is 4. The second-order valence-electron chi connectivity index (χ2n) is 8.52. The normalized spacial score (nSPS) is 27.5. The maximum absolute atomic E-state index is 13.0. The zero-order chi connectivity index (χ0) is 20.8. The van der Waals surface area contributed by atoms with E-state index in [0.717, 1.165) is 30.8 Å². The van der Waals surface area contributed by atoms with Crippen LogP contribution in [0.1, 0.15) is 34.3 Å². The van der Waals surface area contributed by atoms with Gasteiger partial charge in [0, 0.05) is 57.2 Å². The molecule has 2 unspecified atom stereocenters. The summed E-state index contributed by atoms with van der Waals surface area (Å²) in [5, 5.41) is 8.53. The van der Waals surface area contributed by atoms with E-state index in [1.54, 1.807) is 4.90 Å². The average molecular weight is 411 g/mol. The number of imide groups is 1. The van der Waals surface area contributed by atoms with E-state index in [1.165, 1.54) is 0 Å². The molecule has 1 aromatic rings. The Bertz CT molecular complexity index is 928. The average Bonchev–Trinajstić information content (AvgIpc) is 2.99. The van der Waals surface area contributed by atoms with E-state index in [-0.39, 0.29) is 30.2 Å². The molecular formula is C21H25N5O4. The Balaban J connectivity index is 1.33. The number of benzene rings is 1. The molecule has 4 aliphatic rings. The van der Waals surface area contributed by atoms with E-state index in [9.17, 15) is 19.2 Å². The summed E-state index contributed by atoms with van der Waals surface area (Å²) in [5.41, 5.74) is 2.49. The van der Waals surface area contributed by atoms with Crippen LogP contribution in [0.25, 0.3) is 0 Å². The minimum absolute atomic E-state index is 0.0778. The molecule has 5 rings (SSSR count). The minimum Gasteiger partial charge on any atom is -0.353 e. The van der Waals surface area contributed by atoms with Gasteiger partial charge < -0.3 is 15.5 Å². The Kier molecular flexibility index (Phi) is 4.79. The number of fused-ring (bicyclic) bond motifs is 1.